The zero-order valence-corrected chi connectivity index (χ0v) is 12.2. The number of carboxylic acid groups (broad SMARTS) is 1. The van der Waals surface area contributed by atoms with E-state index < -0.39 is 5.97 Å². The molecule has 1 heterocycles. The number of rotatable bonds is 5. The fourth-order valence-electron chi connectivity index (χ4n) is 2.14. The number of benzene rings is 2. The molecule has 2 radical (unpaired) electrons. The summed E-state index contributed by atoms with van der Waals surface area (Å²) in [5.41, 5.74) is 2.86. The summed E-state index contributed by atoms with van der Waals surface area (Å²) in [4.78, 5) is 10.7. The first-order chi connectivity index (χ1) is 11.1. The molecule has 112 valence electrons. The summed E-state index contributed by atoms with van der Waals surface area (Å²) in [6.07, 6.45) is 0. The summed E-state index contributed by atoms with van der Waals surface area (Å²) in [7, 11) is 5.68. The van der Waals surface area contributed by atoms with Crippen molar-refractivity contribution in [1.29, 1.82) is 0 Å². The van der Waals surface area contributed by atoms with Gasteiger partial charge in [0.2, 0.25) is 5.76 Å². The maximum atomic E-state index is 10.7. The minimum atomic E-state index is -1.09. The van der Waals surface area contributed by atoms with Crippen molar-refractivity contribution >= 4 is 19.3 Å². The Bertz CT molecular complexity index is 804. The van der Waals surface area contributed by atoms with Gasteiger partial charge in [-0.15, -0.1) is 0 Å². The molecule has 23 heavy (non-hydrogen) atoms. The van der Waals surface area contributed by atoms with E-state index in [1.165, 1.54) is 6.07 Å². The molecule has 0 aliphatic carbocycles. The summed E-state index contributed by atoms with van der Waals surface area (Å²) in [5.74, 6) is -0.0473. The van der Waals surface area contributed by atoms with Crippen molar-refractivity contribution in [3.63, 3.8) is 0 Å². The Morgan fingerprint density at radius 2 is 1.57 bits per heavy atom. The largest absolute Gasteiger partial charge is 0.486 e. The second kappa shape index (κ2) is 6.44. The first kappa shape index (κ1) is 15.0. The van der Waals surface area contributed by atoms with E-state index in [0.29, 0.717) is 11.5 Å². The van der Waals surface area contributed by atoms with Gasteiger partial charge < -0.3 is 14.3 Å². The number of carboxylic acids is 1. The van der Waals surface area contributed by atoms with Gasteiger partial charge in [-0.1, -0.05) is 41.9 Å². The van der Waals surface area contributed by atoms with Crippen LogP contribution >= 0.6 is 0 Å². The second-order valence-corrected chi connectivity index (χ2v) is 5.01. The zero-order valence-electron chi connectivity index (χ0n) is 12.2. The highest BCUT2D eigenvalue weighted by Crippen LogP contribution is 2.22. The number of aromatic carboxylic acids is 1. The molecule has 0 fully saturated rings. The number of hydrogen-bond acceptors (Lipinski definition) is 3. The highest BCUT2D eigenvalue weighted by atomic mass is 16.5. The summed E-state index contributed by atoms with van der Waals surface area (Å²) >= 11 is 0. The smallest absolute Gasteiger partial charge is 0.371 e. The van der Waals surface area contributed by atoms with Crippen LogP contribution in [0.1, 0.15) is 16.3 Å². The third-order valence-electron chi connectivity index (χ3n) is 3.35. The number of carbonyl (C=O) groups is 1. The van der Waals surface area contributed by atoms with Gasteiger partial charge in [-0.05, 0) is 35.4 Å². The monoisotopic (exact) mass is 304 g/mol. The average molecular weight is 304 g/mol. The van der Waals surface area contributed by atoms with Crippen LogP contribution in [-0.4, -0.2) is 18.9 Å². The van der Waals surface area contributed by atoms with E-state index in [4.69, 9.17) is 22.1 Å². The number of furan rings is 1. The Kier molecular flexibility index (Phi) is 4.19. The standard InChI is InChI=1S/C18H13BO4/c19-14-5-1-12(2-6-14)13-3-7-15(8-4-13)22-11-16-9-10-17(23-16)18(20)21/h1-10H,11H2,(H,20,21). The molecule has 0 atom stereocenters. The molecule has 4 nitrogen and oxygen atoms in total. The molecule has 1 N–H and O–H groups in total. The van der Waals surface area contributed by atoms with Crippen molar-refractivity contribution in [2.45, 2.75) is 6.61 Å². The molecule has 0 saturated heterocycles. The third-order valence-corrected chi connectivity index (χ3v) is 3.35. The van der Waals surface area contributed by atoms with E-state index in [-0.39, 0.29) is 12.4 Å². The molecule has 2 aromatic carbocycles. The Balaban J connectivity index is 1.65. The van der Waals surface area contributed by atoms with Gasteiger partial charge in [-0.3, -0.25) is 0 Å². The van der Waals surface area contributed by atoms with Crippen LogP contribution in [0.25, 0.3) is 11.1 Å². The quantitative estimate of drug-likeness (QED) is 0.736. The van der Waals surface area contributed by atoms with E-state index in [9.17, 15) is 4.79 Å². The molecule has 0 aliphatic heterocycles. The van der Waals surface area contributed by atoms with E-state index in [1.54, 1.807) is 6.07 Å². The second-order valence-electron chi connectivity index (χ2n) is 5.01. The lowest BCUT2D eigenvalue weighted by molar-refractivity contribution is 0.0658. The first-order valence-electron chi connectivity index (χ1n) is 7.02. The van der Waals surface area contributed by atoms with Gasteiger partial charge >= 0.3 is 5.97 Å². The molecule has 0 bridgehead atoms. The SMILES string of the molecule is [B]c1ccc(-c2ccc(OCc3ccc(C(=O)O)o3)cc2)cc1. The van der Waals surface area contributed by atoms with Crippen molar-refractivity contribution in [2.75, 3.05) is 0 Å². The molecule has 0 saturated carbocycles. The van der Waals surface area contributed by atoms with Gasteiger partial charge in [0.1, 0.15) is 26.0 Å². The summed E-state index contributed by atoms with van der Waals surface area (Å²) in [5, 5.41) is 8.80. The van der Waals surface area contributed by atoms with Crippen LogP contribution in [0, 0.1) is 0 Å². The van der Waals surface area contributed by atoms with Crippen molar-refractivity contribution in [2.24, 2.45) is 0 Å². The predicted molar refractivity (Wildman–Crippen MR) is 87.3 cm³/mol. The highest BCUT2D eigenvalue weighted by Gasteiger charge is 2.09. The van der Waals surface area contributed by atoms with Crippen molar-refractivity contribution < 1.29 is 19.1 Å². The van der Waals surface area contributed by atoms with Gasteiger partial charge in [0, 0.05) is 0 Å². The molecular weight excluding hydrogens is 291 g/mol. The van der Waals surface area contributed by atoms with Crippen LogP contribution < -0.4 is 10.2 Å². The first-order valence-corrected chi connectivity index (χ1v) is 7.02. The molecule has 0 amide bonds. The lowest BCUT2D eigenvalue weighted by atomic mass is 9.94. The van der Waals surface area contributed by atoms with E-state index in [0.717, 1.165) is 16.6 Å². The Morgan fingerprint density at radius 1 is 0.957 bits per heavy atom. The number of ether oxygens (including phenoxy) is 1. The van der Waals surface area contributed by atoms with Crippen LogP contribution in [0.4, 0.5) is 0 Å². The summed E-state index contributed by atoms with van der Waals surface area (Å²) < 4.78 is 10.7. The Hall–Kier alpha value is -2.95. The molecule has 0 unspecified atom stereocenters. The minimum Gasteiger partial charge on any atom is -0.486 e. The van der Waals surface area contributed by atoms with Crippen molar-refractivity contribution in [3.8, 4) is 16.9 Å². The minimum absolute atomic E-state index is 0.0951. The van der Waals surface area contributed by atoms with Crippen LogP contribution in [0.3, 0.4) is 0 Å². The van der Waals surface area contributed by atoms with Crippen molar-refractivity contribution in [1.82, 2.24) is 0 Å². The van der Waals surface area contributed by atoms with Gasteiger partial charge in [0.15, 0.2) is 0 Å². The molecule has 3 rings (SSSR count). The normalized spacial score (nSPS) is 10.4. The maximum Gasteiger partial charge on any atom is 0.371 e. The van der Waals surface area contributed by atoms with Gasteiger partial charge in [0.05, 0.1) is 0 Å². The third kappa shape index (κ3) is 3.63. The summed E-state index contributed by atoms with van der Waals surface area (Å²) in [6, 6.07) is 18.2. The average Bonchev–Trinajstić information content (AvgIpc) is 3.04. The van der Waals surface area contributed by atoms with Crippen LogP contribution in [-0.2, 0) is 6.61 Å². The molecule has 3 aromatic rings. The van der Waals surface area contributed by atoms with E-state index in [1.807, 2.05) is 48.5 Å². The van der Waals surface area contributed by atoms with E-state index >= 15 is 0 Å². The van der Waals surface area contributed by atoms with Crippen LogP contribution in [0.2, 0.25) is 0 Å². The predicted octanol–water partition coefficient (Wildman–Crippen LogP) is 3.02. The lowest BCUT2D eigenvalue weighted by Crippen LogP contribution is -1.99. The molecule has 1 aromatic heterocycles. The summed E-state index contributed by atoms with van der Waals surface area (Å²) in [6.45, 7) is 0.175. The zero-order chi connectivity index (χ0) is 16.2. The van der Waals surface area contributed by atoms with Gasteiger partial charge in [0.25, 0.3) is 0 Å². The fourth-order valence-corrected chi connectivity index (χ4v) is 2.14. The Morgan fingerprint density at radius 3 is 2.13 bits per heavy atom. The maximum absolute atomic E-state index is 10.7. The van der Waals surface area contributed by atoms with Gasteiger partial charge in [-0.25, -0.2) is 4.79 Å². The topological polar surface area (TPSA) is 59.7 Å². The van der Waals surface area contributed by atoms with Crippen LogP contribution in [0.5, 0.6) is 5.75 Å². The number of hydrogen-bond donors (Lipinski definition) is 1. The van der Waals surface area contributed by atoms with Crippen LogP contribution in [0.15, 0.2) is 65.1 Å². The lowest BCUT2D eigenvalue weighted by Gasteiger charge is -2.06. The fraction of sp³-hybridized carbons (Fsp3) is 0.0556. The molecule has 0 spiro atoms. The highest BCUT2D eigenvalue weighted by molar-refractivity contribution is 6.32. The molecular formula is C18H13BO4. The Labute approximate surface area is 134 Å². The van der Waals surface area contributed by atoms with Gasteiger partial charge in [-0.2, -0.15) is 0 Å². The molecule has 5 heteroatoms. The van der Waals surface area contributed by atoms with E-state index in [2.05, 4.69) is 0 Å². The van der Waals surface area contributed by atoms with Crippen molar-refractivity contribution in [3.05, 3.63) is 72.2 Å². The molecule has 0 aliphatic rings.